The van der Waals surface area contributed by atoms with Crippen molar-refractivity contribution in [3.8, 4) is 0 Å². The molecule has 0 spiro atoms. The lowest BCUT2D eigenvalue weighted by molar-refractivity contribution is 0.118. The van der Waals surface area contributed by atoms with E-state index in [0.717, 1.165) is 0 Å². The fraction of sp³-hybridized carbons (Fsp3) is 0.895. The molecule has 0 unspecified atom stereocenters. The standard InChI is InChI=1S/C19H39N/c1-9-13-20(14-11-12-17(3)4)16-19(7,8)15-18(5,6)10-2/h3,9-16H2,1-2,4-8H3. The van der Waals surface area contributed by atoms with E-state index in [1.807, 2.05) is 0 Å². The molecule has 0 aromatic rings. The molecule has 1 heteroatoms. The quantitative estimate of drug-likeness (QED) is 0.426. The Bertz CT molecular complexity index is 275. The third kappa shape index (κ3) is 9.58. The normalized spacial score (nSPS) is 13.0. The molecule has 0 bridgehead atoms. The summed E-state index contributed by atoms with van der Waals surface area (Å²) in [7, 11) is 0. The number of nitrogens with zero attached hydrogens (tertiary/aromatic N) is 1. The van der Waals surface area contributed by atoms with E-state index in [1.165, 1.54) is 57.3 Å². The Balaban J connectivity index is 4.43. The summed E-state index contributed by atoms with van der Waals surface area (Å²) in [6.45, 7) is 24.1. The first-order valence-electron chi connectivity index (χ1n) is 8.48. The molecule has 0 aliphatic rings. The summed E-state index contributed by atoms with van der Waals surface area (Å²) in [5, 5.41) is 0. The van der Waals surface area contributed by atoms with E-state index in [0.29, 0.717) is 10.8 Å². The Hall–Kier alpha value is -0.300. The van der Waals surface area contributed by atoms with Crippen molar-refractivity contribution in [2.45, 2.75) is 80.6 Å². The van der Waals surface area contributed by atoms with Crippen LogP contribution in [0.3, 0.4) is 0 Å². The largest absolute Gasteiger partial charge is 0.303 e. The molecule has 0 saturated carbocycles. The second-order valence-corrected chi connectivity index (χ2v) is 8.20. The zero-order chi connectivity index (χ0) is 15.8. The monoisotopic (exact) mass is 281 g/mol. The smallest absolute Gasteiger partial charge is 0.00329 e. The van der Waals surface area contributed by atoms with E-state index in [4.69, 9.17) is 0 Å². The van der Waals surface area contributed by atoms with Crippen molar-refractivity contribution < 1.29 is 0 Å². The molecule has 0 aliphatic heterocycles. The van der Waals surface area contributed by atoms with Crippen molar-refractivity contribution in [3.05, 3.63) is 12.2 Å². The third-order valence-electron chi connectivity index (χ3n) is 4.18. The minimum atomic E-state index is 0.401. The summed E-state index contributed by atoms with van der Waals surface area (Å²) in [6.07, 6.45) is 6.24. The molecule has 0 aromatic carbocycles. The van der Waals surface area contributed by atoms with Gasteiger partial charge < -0.3 is 4.90 Å². The van der Waals surface area contributed by atoms with Gasteiger partial charge in [0.2, 0.25) is 0 Å². The molecule has 0 N–H and O–H groups in total. The summed E-state index contributed by atoms with van der Waals surface area (Å²) < 4.78 is 0. The zero-order valence-electron chi connectivity index (χ0n) is 15.3. The van der Waals surface area contributed by atoms with Crippen LogP contribution in [0.5, 0.6) is 0 Å². The summed E-state index contributed by atoms with van der Waals surface area (Å²) >= 11 is 0. The highest BCUT2D eigenvalue weighted by Gasteiger charge is 2.29. The SMILES string of the molecule is C=C(C)CCCN(CCC)CC(C)(C)CC(C)(C)CC. The molecule has 120 valence electrons. The van der Waals surface area contributed by atoms with E-state index in [-0.39, 0.29) is 0 Å². The Morgan fingerprint density at radius 1 is 1.00 bits per heavy atom. The maximum atomic E-state index is 4.01. The van der Waals surface area contributed by atoms with Crippen LogP contribution in [-0.2, 0) is 0 Å². The molecule has 0 rings (SSSR count). The minimum Gasteiger partial charge on any atom is -0.303 e. The van der Waals surface area contributed by atoms with Gasteiger partial charge in [0.1, 0.15) is 0 Å². The van der Waals surface area contributed by atoms with E-state index < -0.39 is 0 Å². The van der Waals surface area contributed by atoms with Crippen molar-refractivity contribution in [1.29, 1.82) is 0 Å². The van der Waals surface area contributed by atoms with Gasteiger partial charge in [-0.1, -0.05) is 53.5 Å². The first-order chi connectivity index (χ1) is 9.12. The van der Waals surface area contributed by atoms with Crippen LogP contribution in [0.15, 0.2) is 12.2 Å². The summed E-state index contributed by atoms with van der Waals surface area (Å²) in [6, 6.07) is 0. The molecule has 1 nitrogen and oxygen atoms in total. The lowest BCUT2D eigenvalue weighted by atomic mass is 9.73. The van der Waals surface area contributed by atoms with E-state index in [9.17, 15) is 0 Å². The molecule has 0 saturated heterocycles. The second kappa shape index (κ2) is 8.87. The molecule has 0 aliphatic carbocycles. The number of hydrogen-bond donors (Lipinski definition) is 0. The van der Waals surface area contributed by atoms with Gasteiger partial charge in [0.15, 0.2) is 0 Å². The molecule has 0 heterocycles. The van der Waals surface area contributed by atoms with E-state index >= 15 is 0 Å². The van der Waals surface area contributed by atoms with E-state index in [2.05, 4.69) is 59.9 Å². The van der Waals surface area contributed by atoms with Crippen molar-refractivity contribution in [3.63, 3.8) is 0 Å². The Kier molecular flexibility index (Phi) is 8.74. The highest BCUT2D eigenvalue weighted by atomic mass is 15.1. The van der Waals surface area contributed by atoms with Gasteiger partial charge in [-0.05, 0) is 56.5 Å². The number of allylic oxidation sites excluding steroid dienone is 1. The molecule has 0 atom stereocenters. The summed E-state index contributed by atoms with van der Waals surface area (Å²) in [4.78, 5) is 2.66. The lowest BCUT2D eigenvalue weighted by Crippen LogP contribution is -2.38. The molecule has 0 aromatic heterocycles. The average molecular weight is 282 g/mol. The van der Waals surface area contributed by atoms with Crippen LogP contribution in [0.4, 0.5) is 0 Å². The van der Waals surface area contributed by atoms with Gasteiger partial charge in [-0.2, -0.15) is 0 Å². The van der Waals surface area contributed by atoms with Crippen LogP contribution >= 0.6 is 0 Å². The Labute approximate surface area is 128 Å². The average Bonchev–Trinajstić information content (AvgIpc) is 2.26. The topological polar surface area (TPSA) is 3.24 Å². The molecule has 20 heavy (non-hydrogen) atoms. The van der Waals surface area contributed by atoms with Gasteiger partial charge in [-0.3, -0.25) is 0 Å². The Morgan fingerprint density at radius 2 is 1.60 bits per heavy atom. The van der Waals surface area contributed by atoms with Gasteiger partial charge in [-0.25, -0.2) is 0 Å². The van der Waals surface area contributed by atoms with Crippen LogP contribution < -0.4 is 0 Å². The highest BCUT2D eigenvalue weighted by Crippen LogP contribution is 2.36. The van der Waals surface area contributed by atoms with Crippen LogP contribution in [0.25, 0.3) is 0 Å². The first-order valence-corrected chi connectivity index (χ1v) is 8.48. The van der Waals surface area contributed by atoms with Crippen molar-refractivity contribution in [2.24, 2.45) is 10.8 Å². The lowest BCUT2D eigenvalue weighted by Gasteiger charge is -2.38. The van der Waals surface area contributed by atoms with Gasteiger partial charge in [0, 0.05) is 6.54 Å². The summed E-state index contributed by atoms with van der Waals surface area (Å²) in [5.74, 6) is 0. The van der Waals surface area contributed by atoms with Crippen molar-refractivity contribution in [2.75, 3.05) is 19.6 Å². The fourth-order valence-corrected chi connectivity index (χ4v) is 3.27. The van der Waals surface area contributed by atoms with Crippen LogP contribution in [0.1, 0.15) is 80.6 Å². The van der Waals surface area contributed by atoms with Crippen molar-refractivity contribution >= 4 is 0 Å². The predicted molar refractivity (Wildman–Crippen MR) is 93.2 cm³/mol. The van der Waals surface area contributed by atoms with Crippen LogP contribution in [0.2, 0.25) is 0 Å². The Morgan fingerprint density at radius 3 is 2.05 bits per heavy atom. The molecular weight excluding hydrogens is 242 g/mol. The predicted octanol–water partition coefficient (Wildman–Crippen LogP) is 5.91. The highest BCUT2D eigenvalue weighted by molar-refractivity contribution is 4.88. The zero-order valence-corrected chi connectivity index (χ0v) is 15.3. The second-order valence-electron chi connectivity index (χ2n) is 8.20. The van der Waals surface area contributed by atoms with Gasteiger partial charge in [0.05, 0.1) is 0 Å². The van der Waals surface area contributed by atoms with Crippen LogP contribution in [0, 0.1) is 10.8 Å². The maximum Gasteiger partial charge on any atom is 0.00329 e. The fourth-order valence-electron chi connectivity index (χ4n) is 3.27. The van der Waals surface area contributed by atoms with E-state index in [1.54, 1.807) is 0 Å². The van der Waals surface area contributed by atoms with Gasteiger partial charge in [-0.15, -0.1) is 6.58 Å². The molecule has 0 radical (unpaired) electrons. The maximum absolute atomic E-state index is 4.01. The molecule has 0 fully saturated rings. The summed E-state index contributed by atoms with van der Waals surface area (Å²) in [5.41, 5.74) is 2.17. The van der Waals surface area contributed by atoms with Gasteiger partial charge in [0.25, 0.3) is 0 Å². The van der Waals surface area contributed by atoms with Gasteiger partial charge >= 0.3 is 0 Å². The number of rotatable bonds is 11. The minimum absolute atomic E-state index is 0.401. The molecular formula is C19H39N. The van der Waals surface area contributed by atoms with Crippen molar-refractivity contribution in [1.82, 2.24) is 4.90 Å². The van der Waals surface area contributed by atoms with Crippen LogP contribution in [-0.4, -0.2) is 24.5 Å². The number of hydrogen-bond acceptors (Lipinski definition) is 1. The third-order valence-corrected chi connectivity index (χ3v) is 4.18. The molecule has 0 amide bonds. The first kappa shape index (κ1) is 19.7.